The fraction of sp³-hybridized carbons (Fsp3) is 0.800. The highest BCUT2D eigenvalue weighted by molar-refractivity contribution is 5.89. The first-order valence-electron chi connectivity index (χ1n) is 4.94. The molecule has 0 unspecified atom stereocenters. The SMILES string of the molecule is COC(=O)[C@H]1[C@H](C(=O)O)C12CCCC2. The number of ether oxygens (including phenoxy) is 1. The molecule has 0 saturated heterocycles. The number of rotatable bonds is 2. The second kappa shape index (κ2) is 2.97. The summed E-state index contributed by atoms with van der Waals surface area (Å²) in [5.41, 5.74) is -0.251. The highest BCUT2D eigenvalue weighted by Crippen LogP contribution is 2.67. The van der Waals surface area contributed by atoms with Crippen LogP contribution in [0.15, 0.2) is 0 Å². The summed E-state index contributed by atoms with van der Waals surface area (Å²) in [5, 5.41) is 8.99. The fourth-order valence-corrected chi connectivity index (χ4v) is 3.03. The summed E-state index contributed by atoms with van der Waals surface area (Å²) >= 11 is 0. The second-order valence-corrected chi connectivity index (χ2v) is 4.26. The van der Waals surface area contributed by atoms with Crippen LogP contribution in [0.5, 0.6) is 0 Å². The van der Waals surface area contributed by atoms with Crippen molar-refractivity contribution in [1.29, 1.82) is 0 Å². The average molecular weight is 198 g/mol. The third-order valence-corrected chi connectivity index (χ3v) is 3.72. The molecule has 2 aliphatic rings. The molecule has 2 atom stereocenters. The van der Waals surface area contributed by atoms with E-state index in [4.69, 9.17) is 5.11 Å². The van der Waals surface area contributed by atoms with E-state index in [1.54, 1.807) is 0 Å². The van der Waals surface area contributed by atoms with Crippen molar-refractivity contribution in [2.24, 2.45) is 17.3 Å². The predicted molar refractivity (Wildman–Crippen MR) is 47.5 cm³/mol. The van der Waals surface area contributed by atoms with Gasteiger partial charge in [0.2, 0.25) is 0 Å². The van der Waals surface area contributed by atoms with Gasteiger partial charge < -0.3 is 9.84 Å². The monoisotopic (exact) mass is 198 g/mol. The summed E-state index contributed by atoms with van der Waals surface area (Å²) in [6.45, 7) is 0. The molecule has 0 radical (unpaired) electrons. The summed E-state index contributed by atoms with van der Waals surface area (Å²) in [5.74, 6) is -2.06. The van der Waals surface area contributed by atoms with Gasteiger partial charge in [0.05, 0.1) is 18.9 Å². The first-order chi connectivity index (χ1) is 6.63. The van der Waals surface area contributed by atoms with Crippen molar-refractivity contribution in [2.45, 2.75) is 25.7 Å². The zero-order chi connectivity index (χ0) is 10.3. The van der Waals surface area contributed by atoms with E-state index in [0.29, 0.717) is 0 Å². The number of esters is 1. The molecule has 0 aromatic heterocycles. The van der Waals surface area contributed by atoms with Gasteiger partial charge in [-0.25, -0.2) is 0 Å². The van der Waals surface area contributed by atoms with Gasteiger partial charge in [0.15, 0.2) is 0 Å². The maximum atomic E-state index is 11.4. The molecule has 0 aliphatic heterocycles. The van der Waals surface area contributed by atoms with Gasteiger partial charge >= 0.3 is 11.9 Å². The Bertz CT molecular complexity index is 278. The van der Waals surface area contributed by atoms with Gasteiger partial charge in [0, 0.05) is 0 Å². The molecule has 14 heavy (non-hydrogen) atoms. The zero-order valence-electron chi connectivity index (χ0n) is 8.16. The van der Waals surface area contributed by atoms with Crippen molar-refractivity contribution in [2.75, 3.05) is 7.11 Å². The van der Waals surface area contributed by atoms with E-state index >= 15 is 0 Å². The highest BCUT2D eigenvalue weighted by Gasteiger charge is 2.72. The Morgan fingerprint density at radius 2 is 1.86 bits per heavy atom. The number of carboxylic acid groups (broad SMARTS) is 1. The van der Waals surface area contributed by atoms with Crippen molar-refractivity contribution >= 4 is 11.9 Å². The summed E-state index contributed by atoms with van der Waals surface area (Å²) in [4.78, 5) is 22.3. The third-order valence-electron chi connectivity index (χ3n) is 3.72. The molecule has 0 aromatic rings. The lowest BCUT2D eigenvalue weighted by Gasteiger charge is -2.05. The van der Waals surface area contributed by atoms with Crippen molar-refractivity contribution in [1.82, 2.24) is 0 Å². The topological polar surface area (TPSA) is 63.6 Å². The van der Waals surface area contributed by atoms with Crippen LogP contribution in [0.2, 0.25) is 0 Å². The number of aliphatic carboxylic acids is 1. The largest absolute Gasteiger partial charge is 0.481 e. The number of carbonyl (C=O) groups is 2. The van der Waals surface area contributed by atoms with E-state index in [2.05, 4.69) is 4.74 Å². The first kappa shape index (κ1) is 9.49. The summed E-state index contributed by atoms with van der Waals surface area (Å²) in [6.07, 6.45) is 3.81. The Kier molecular flexibility index (Phi) is 2.01. The molecular weight excluding hydrogens is 184 g/mol. The van der Waals surface area contributed by atoms with Crippen molar-refractivity contribution in [3.8, 4) is 0 Å². The van der Waals surface area contributed by atoms with Crippen molar-refractivity contribution in [3.63, 3.8) is 0 Å². The smallest absolute Gasteiger partial charge is 0.310 e. The number of hydrogen-bond acceptors (Lipinski definition) is 3. The molecule has 2 saturated carbocycles. The van der Waals surface area contributed by atoms with Crippen LogP contribution in [0, 0.1) is 17.3 Å². The van der Waals surface area contributed by atoms with Gasteiger partial charge in [0.25, 0.3) is 0 Å². The fourth-order valence-electron chi connectivity index (χ4n) is 3.03. The molecule has 2 fully saturated rings. The quantitative estimate of drug-likeness (QED) is 0.673. The molecule has 0 amide bonds. The summed E-state index contributed by atoms with van der Waals surface area (Å²) in [6, 6.07) is 0. The Morgan fingerprint density at radius 1 is 1.29 bits per heavy atom. The average Bonchev–Trinajstić information content (AvgIpc) is 2.51. The Hall–Kier alpha value is -1.06. The molecule has 78 valence electrons. The van der Waals surface area contributed by atoms with E-state index < -0.39 is 11.9 Å². The van der Waals surface area contributed by atoms with Gasteiger partial charge in [0.1, 0.15) is 0 Å². The van der Waals surface area contributed by atoms with E-state index in [-0.39, 0.29) is 17.3 Å². The second-order valence-electron chi connectivity index (χ2n) is 4.26. The lowest BCUT2D eigenvalue weighted by Crippen LogP contribution is -2.09. The Morgan fingerprint density at radius 3 is 2.29 bits per heavy atom. The minimum atomic E-state index is -0.845. The van der Waals surface area contributed by atoms with Gasteiger partial charge in [-0.05, 0) is 18.3 Å². The molecule has 1 spiro atoms. The number of carbonyl (C=O) groups excluding carboxylic acids is 1. The Labute approximate surface area is 82.2 Å². The molecule has 1 N–H and O–H groups in total. The van der Waals surface area contributed by atoms with Crippen molar-refractivity contribution in [3.05, 3.63) is 0 Å². The van der Waals surface area contributed by atoms with Crippen LogP contribution in [0.1, 0.15) is 25.7 Å². The lowest BCUT2D eigenvalue weighted by atomic mass is 10.0. The van der Waals surface area contributed by atoms with Crippen LogP contribution >= 0.6 is 0 Å². The molecule has 4 nitrogen and oxygen atoms in total. The molecule has 4 heteroatoms. The maximum Gasteiger partial charge on any atom is 0.310 e. The van der Waals surface area contributed by atoms with Crippen LogP contribution < -0.4 is 0 Å². The minimum Gasteiger partial charge on any atom is -0.481 e. The van der Waals surface area contributed by atoms with E-state index in [9.17, 15) is 9.59 Å². The van der Waals surface area contributed by atoms with Crippen LogP contribution in [0.4, 0.5) is 0 Å². The van der Waals surface area contributed by atoms with Crippen LogP contribution in [0.3, 0.4) is 0 Å². The molecule has 0 heterocycles. The third kappa shape index (κ3) is 1.06. The molecular formula is C10H14O4. The first-order valence-corrected chi connectivity index (χ1v) is 4.94. The molecule has 0 aromatic carbocycles. The van der Waals surface area contributed by atoms with Gasteiger partial charge in [-0.1, -0.05) is 12.8 Å². The van der Waals surface area contributed by atoms with E-state index in [0.717, 1.165) is 25.7 Å². The highest BCUT2D eigenvalue weighted by atomic mass is 16.5. The summed E-state index contributed by atoms with van der Waals surface area (Å²) < 4.78 is 4.64. The minimum absolute atomic E-state index is 0.251. The van der Waals surface area contributed by atoms with Gasteiger partial charge in [-0.3, -0.25) is 9.59 Å². The van der Waals surface area contributed by atoms with Gasteiger partial charge in [-0.2, -0.15) is 0 Å². The number of carboxylic acids is 1. The lowest BCUT2D eigenvalue weighted by molar-refractivity contribution is -0.146. The molecule has 2 rings (SSSR count). The van der Waals surface area contributed by atoms with Gasteiger partial charge in [-0.15, -0.1) is 0 Å². The van der Waals surface area contributed by atoms with Crippen LogP contribution in [0.25, 0.3) is 0 Å². The summed E-state index contributed by atoms with van der Waals surface area (Å²) in [7, 11) is 1.32. The molecule has 2 aliphatic carbocycles. The molecule has 0 bridgehead atoms. The normalized spacial score (nSPS) is 32.9. The zero-order valence-corrected chi connectivity index (χ0v) is 8.16. The standard InChI is InChI=1S/C10H14O4/c1-14-9(13)7-6(8(11)12)10(7)4-2-3-5-10/h6-7H,2-5H2,1H3,(H,11,12)/t6-,7-/m1/s1. The van der Waals surface area contributed by atoms with Crippen LogP contribution in [-0.2, 0) is 14.3 Å². The van der Waals surface area contributed by atoms with E-state index in [1.165, 1.54) is 7.11 Å². The predicted octanol–water partition coefficient (Wildman–Crippen LogP) is 1.05. The number of methoxy groups -OCH3 is 1. The Balaban J connectivity index is 2.18. The van der Waals surface area contributed by atoms with Crippen LogP contribution in [-0.4, -0.2) is 24.2 Å². The number of hydrogen-bond donors (Lipinski definition) is 1. The maximum absolute atomic E-state index is 11.4. The van der Waals surface area contributed by atoms with E-state index in [1.807, 2.05) is 0 Å². The van der Waals surface area contributed by atoms with Crippen molar-refractivity contribution < 1.29 is 19.4 Å².